The largest absolute Gasteiger partial charge is 0.472 e. The van der Waals surface area contributed by atoms with E-state index in [2.05, 4.69) is 86.8 Å². The molecule has 0 saturated heterocycles. The highest BCUT2D eigenvalue weighted by Gasteiger charge is 2.26. The molecule has 9 heteroatoms. The number of allylic oxidation sites excluding steroid dienone is 12. The minimum absolute atomic E-state index is 0.0825. The quantitative estimate of drug-likeness (QED) is 0.0213. The fourth-order valence-corrected chi connectivity index (χ4v) is 8.48. The van der Waals surface area contributed by atoms with Crippen molar-refractivity contribution in [1.82, 2.24) is 0 Å². The molecule has 68 heavy (non-hydrogen) atoms. The number of rotatable bonds is 52. The highest BCUT2D eigenvalue weighted by molar-refractivity contribution is 7.47. The Morgan fingerprint density at radius 2 is 0.853 bits per heavy atom. The van der Waals surface area contributed by atoms with Crippen LogP contribution in [0.4, 0.5) is 0 Å². The molecule has 0 fully saturated rings. The molecule has 2 unspecified atom stereocenters. The maximum Gasteiger partial charge on any atom is 0.472 e. The van der Waals surface area contributed by atoms with Gasteiger partial charge in [0.2, 0.25) is 0 Å². The molecule has 0 rings (SSSR count). The summed E-state index contributed by atoms with van der Waals surface area (Å²) in [5.74, 6) is -0.319. The van der Waals surface area contributed by atoms with Crippen molar-refractivity contribution < 1.29 is 37.3 Å². The lowest BCUT2D eigenvalue weighted by atomic mass is 10.0. The van der Waals surface area contributed by atoms with Gasteiger partial charge in [0.05, 0.1) is 34.4 Å². The van der Waals surface area contributed by atoms with Crippen LogP contribution in [0.5, 0.6) is 0 Å². The highest BCUT2D eigenvalue weighted by atomic mass is 31.2. The molecule has 8 nitrogen and oxygen atoms in total. The van der Waals surface area contributed by atoms with Crippen molar-refractivity contribution in [3.63, 3.8) is 0 Å². The summed E-state index contributed by atoms with van der Waals surface area (Å²) in [4.78, 5) is 23.1. The smallest absolute Gasteiger partial charge is 0.457 e. The Morgan fingerprint density at radius 1 is 0.471 bits per heavy atom. The second kappa shape index (κ2) is 51.3. The summed E-state index contributed by atoms with van der Waals surface area (Å²) in [6, 6.07) is 0. The first-order valence-corrected chi connectivity index (χ1v) is 29.7. The molecule has 396 valence electrons. The normalized spacial score (nSPS) is 14.0. The van der Waals surface area contributed by atoms with Crippen LogP contribution < -0.4 is 0 Å². The number of esters is 1. The van der Waals surface area contributed by atoms with Gasteiger partial charge in [0.15, 0.2) is 0 Å². The molecule has 0 aromatic heterocycles. The minimum Gasteiger partial charge on any atom is -0.457 e. The van der Waals surface area contributed by atoms with E-state index in [-0.39, 0.29) is 25.8 Å². The van der Waals surface area contributed by atoms with Crippen LogP contribution in [-0.4, -0.2) is 75.6 Å². The number of phosphoric ester groups is 1. The molecular formula is C59H109NO7P+. The Labute approximate surface area is 421 Å². The van der Waals surface area contributed by atoms with Gasteiger partial charge >= 0.3 is 13.8 Å². The van der Waals surface area contributed by atoms with Crippen LogP contribution in [0.1, 0.15) is 239 Å². The lowest BCUT2D eigenvalue weighted by Gasteiger charge is -2.24. The first-order chi connectivity index (χ1) is 33.1. The standard InChI is InChI=1S/C59H108NO7P/c1-6-8-10-12-14-16-18-20-22-24-26-28-30-31-33-35-37-39-41-43-45-47-49-51-54-64-56-58(57-66-68(62,63)65-55-53-60(3,4)5)67-59(61)52-50-48-46-44-42-40-38-36-34-32-29-27-25-23-21-19-17-15-13-11-9-7-2/h8,10,14,16,20,22,26,28,31,33,37,39,58H,6-7,9,11-13,15,17-19,21,23-25,27,29-30,32,34-36,38,40-57H2,1-5H3/p+1/b10-8-,16-14-,22-20-,28-26-,33-31-,39-37-. The topological polar surface area (TPSA) is 91.3 Å². The number of nitrogens with zero attached hydrogens (tertiary/aromatic N) is 1. The average molecular weight is 975 g/mol. The van der Waals surface area contributed by atoms with Crippen molar-refractivity contribution in [3.8, 4) is 0 Å². The van der Waals surface area contributed by atoms with Gasteiger partial charge in [-0.3, -0.25) is 13.8 Å². The fourth-order valence-electron chi connectivity index (χ4n) is 7.73. The van der Waals surface area contributed by atoms with Crippen LogP contribution in [0, 0.1) is 0 Å². The van der Waals surface area contributed by atoms with E-state index in [0.717, 1.165) is 83.5 Å². The SMILES string of the molecule is CC/C=C\C/C=C\C/C=C\C/C=C\C/C=C\C/C=C\CCCCCCCOCC(COP(=O)(O)OCC[N+](C)(C)C)OC(=O)CCCCCCCCCCCCCCCCCCCCCCCC. The molecule has 0 aromatic carbocycles. The van der Waals surface area contributed by atoms with Crippen LogP contribution in [0.25, 0.3) is 0 Å². The summed E-state index contributed by atoms with van der Waals surface area (Å²) in [6.07, 6.45) is 68.2. The van der Waals surface area contributed by atoms with Crippen molar-refractivity contribution in [2.24, 2.45) is 0 Å². The highest BCUT2D eigenvalue weighted by Crippen LogP contribution is 2.43. The third kappa shape index (κ3) is 54.9. The van der Waals surface area contributed by atoms with Gasteiger partial charge in [-0.05, 0) is 64.2 Å². The predicted molar refractivity (Wildman–Crippen MR) is 293 cm³/mol. The molecule has 2 atom stereocenters. The summed E-state index contributed by atoms with van der Waals surface area (Å²) >= 11 is 0. The fraction of sp³-hybridized carbons (Fsp3) is 0.780. The second-order valence-electron chi connectivity index (χ2n) is 19.9. The zero-order chi connectivity index (χ0) is 49.8. The van der Waals surface area contributed by atoms with E-state index in [1.807, 2.05) is 21.1 Å². The zero-order valence-electron chi connectivity index (χ0n) is 45.1. The van der Waals surface area contributed by atoms with Gasteiger partial charge in [0.1, 0.15) is 19.3 Å². The maximum atomic E-state index is 12.8. The number of likely N-dealkylation sites (N-methyl/N-ethyl adjacent to an activating group) is 1. The summed E-state index contributed by atoms with van der Waals surface area (Å²) < 4.78 is 35.2. The minimum atomic E-state index is -4.29. The summed E-state index contributed by atoms with van der Waals surface area (Å²) in [5.41, 5.74) is 0. The predicted octanol–water partition coefficient (Wildman–Crippen LogP) is 17.8. The molecule has 0 aliphatic heterocycles. The first kappa shape index (κ1) is 65.9. The lowest BCUT2D eigenvalue weighted by molar-refractivity contribution is -0.870. The number of quaternary nitrogens is 1. The van der Waals surface area contributed by atoms with Crippen LogP contribution in [-0.2, 0) is 27.9 Å². The van der Waals surface area contributed by atoms with Gasteiger partial charge in [0, 0.05) is 13.0 Å². The van der Waals surface area contributed by atoms with Gasteiger partial charge in [-0.2, -0.15) is 0 Å². The first-order valence-electron chi connectivity index (χ1n) is 28.2. The monoisotopic (exact) mass is 975 g/mol. The summed E-state index contributed by atoms with van der Waals surface area (Å²) in [5, 5.41) is 0. The molecule has 0 radical (unpaired) electrons. The molecule has 0 saturated carbocycles. The van der Waals surface area contributed by atoms with Gasteiger partial charge < -0.3 is 18.9 Å². The molecule has 0 aliphatic carbocycles. The van der Waals surface area contributed by atoms with Crippen LogP contribution >= 0.6 is 7.82 Å². The van der Waals surface area contributed by atoms with Gasteiger partial charge in [-0.25, -0.2) is 4.57 Å². The van der Waals surface area contributed by atoms with E-state index < -0.39 is 13.9 Å². The van der Waals surface area contributed by atoms with Gasteiger partial charge in [-0.15, -0.1) is 0 Å². The van der Waals surface area contributed by atoms with Crippen molar-refractivity contribution >= 4 is 13.8 Å². The molecule has 0 aliphatic rings. The van der Waals surface area contributed by atoms with Crippen LogP contribution in [0.15, 0.2) is 72.9 Å². The van der Waals surface area contributed by atoms with E-state index in [1.165, 1.54) is 135 Å². The summed E-state index contributed by atoms with van der Waals surface area (Å²) in [6.45, 7) is 5.49. The van der Waals surface area contributed by atoms with Crippen molar-refractivity contribution in [2.45, 2.75) is 245 Å². The number of hydrogen-bond acceptors (Lipinski definition) is 6. The number of phosphoric acid groups is 1. The second-order valence-corrected chi connectivity index (χ2v) is 21.4. The Balaban J connectivity index is 4.14. The maximum absolute atomic E-state index is 12.8. The number of carbonyl (C=O) groups is 1. The zero-order valence-corrected chi connectivity index (χ0v) is 46.0. The van der Waals surface area contributed by atoms with Crippen LogP contribution in [0.3, 0.4) is 0 Å². The van der Waals surface area contributed by atoms with Crippen molar-refractivity contribution in [2.75, 3.05) is 54.1 Å². The Kier molecular flexibility index (Phi) is 49.7. The molecular weight excluding hydrogens is 866 g/mol. The number of unbranched alkanes of at least 4 members (excludes halogenated alkanes) is 26. The number of ether oxygens (including phenoxy) is 2. The van der Waals surface area contributed by atoms with E-state index in [0.29, 0.717) is 24.1 Å². The van der Waals surface area contributed by atoms with Crippen molar-refractivity contribution in [1.29, 1.82) is 0 Å². The van der Waals surface area contributed by atoms with Crippen molar-refractivity contribution in [3.05, 3.63) is 72.9 Å². The van der Waals surface area contributed by atoms with E-state index >= 15 is 0 Å². The Bertz CT molecular complexity index is 1320. The Morgan fingerprint density at radius 3 is 1.28 bits per heavy atom. The van der Waals surface area contributed by atoms with E-state index in [1.54, 1.807) is 0 Å². The number of carbonyl (C=O) groups excluding carboxylic acids is 1. The van der Waals surface area contributed by atoms with E-state index in [9.17, 15) is 14.3 Å². The van der Waals surface area contributed by atoms with Crippen LogP contribution in [0.2, 0.25) is 0 Å². The molecule has 0 heterocycles. The molecule has 0 amide bonds. The lowest BCUT2D eigenvalue weighted by Crippen LogP contribution is -2.37. The molecule has 1 N–H and O–H groups in total. The van der Waals surface area contributed by atoms with Gasteiger partial charge in [-0.1, -0.05) is 241 Å². The average Bonchev–Trinajstić information content (AvgIpc) is 3.30. The molecule has 0 bridgehead atoms. The third-order valence-electron chi connectivity index (χ3n) is 12.0. The molecule has 0 aromatic rings. The Hall–Kier alpha value is -2.06. The van der Waals surface area contributed by atoms with E-state index in [4.69, 9.17) is 18.5 Å². The van der Waals surface area contributed by atoms with Gasteiger partial charge in [0.25, 0.3) is 0 Å². The molecule has 0 spiro atoms. The number of hydrogen-bond donors (Lipinski definition) is 1. The summed E-state index contributed by atoms with van der Waals surface area (Å²) in [7, 11) is 1.65. The third-order valence-corrected chi connectivity index (χ3v) is 13.0.